The summed E-state index contributed by atoms with van der Waals surface area (Å²) < 4.78 is 5.88. The maximum atomic E-state index is 11.7. The number of hydrogen-bond acceptors (Lipinski definition) is 7. The number of aliphatic hydroxyl groups excluding tert-OH is 2. The van der Waals surface area contributed by atoms with Gasteiger partial charge in [0.2, 0.25) is 5.60 Å². The van der Waals surface area contributed by atoms with Crippen LogP contribution in [0, 0.1) is 11.8 Å². The molecule has 0 saturated carbocycles. The van der Waals surface area contributed by atoms with E-state index < -0.39 is 41.9 Å². The number of H-pyrrole nitrogens is 1. The third kappa shape index (κ3) is 2.14. The lowest BCUT2D eigenvalue weighted by atomic mass is 9.95. The summed E-state index contributed by atoms with van der Waals surface area (Å²) in [5.74, 6) is 4.77. The Hall–Kier alpha value is -1.99. The van der Waals surface area contributed by atoms with Crippen molar-refractivity contribution in [1.29, 1.82) is 0 Å². The fourth-order valence-corrected chi connectivity index (χ4v) is 2.03. The molecule has 0 bridgehead atoms. The van der Waals surface area contributed by atoms with Gasteiger partial charge in [0.15, 0.2) is 6.23 Å². The van der Waals surface area contributed by atoms with Crippen LogP contribution in [0.5, 0.6) is 0 Å². The van der Waals surface area contributed by atoms with E-state index in [1.165, 1.54) is 6.92 Å². The van der Waals surface area contributed by atoms with Crippen molar-refractivity contribution in [3.8, 4) is 11.8 Å². The average molecular weight is 283 g/mol. The molecule has 1 saturated heterocycles. The van der Waals surface area contributed by atoms with Gasteiger partial charge < -0.3 is 20.1 Å². The summed E-state index contributed by atoms with van der Waals surface area (Å²) in [6.45, 7) is 0.848. The molecule has 1 aromatic heterocycles. The number of rotatable bonds is 2. The topological polar surface area (TPSA) is 138 Å². The molecule has 2 heterocycles. The first-order valence-corrected chi connectivity index (χ1v) is 5.73. The molecule has 0 aromatic carbocycles. The fourth-order valence-electron chi connectivity index (χ4n) is 2.03. The SMILES string of the molecule is CC#CC1(O)C(n2ncc(=O)[nH]c2=O)OC(CO)[C@@H]1O. The first kappa shape index (κ1) is 14.4. The first-order chi connectivity index (χ1) is 9.43. The molecule has 2 rings (SSSR count). The van der Waals surface area contributed by atoms with Crippen molar-refractivity contribution in [3.05, 3.63) is 27.0 Å². The van der Waals surface area contributed by atoms with Gasteiger partial charge in [0, 0.05) is 0 Å². The Morgan fingerprint density at radius 1 is 1.60 bits per heavy atom. The summed E-state index contributed by atoms with van der Waals surface area (Å²) >= 11 is 0. The Kier molecular flexibility index (Phi) is 3.74. The van der Waals surface area contributed by atoms with E-state index in [0.29, 0.717) is 4.68 Å². The van der Waals surface area contributed by atoms with Crippen molar-refractivity contribution >= 4 is 0 Å². The highest BCUT2D eigenvalue weighted by atomic mass is 16.6. The number of ether oxygens (including phenoxy) is 1. The van der Waals surface area contributed by atoms with Gasteiger partial charge in [0.1, 0.15) is 18.4 Å². The second kappa shape index (κ2) is 5.18. The van der Waals surface area contributed by atoms with Crippen LogP contribution in [-0.4, -0.2) is 54.5 Å². The van der Waals surface area contributed by atoms with E-state index in [-0.39, 0.29) is 0 Å². The van der Waals surface area contributed by atoms with Crippen molar-refractivity contribution in [2.45, 2.75) is 31.0 Å². The maximum absolute atomic E-state index is 11.7. The van der Waals surface area contributed by atoms with E-state index in [9.17, 15) is 19.8 Å². The molecule has 1 aliphatic rings. The third-order valence-corrected chi connectivity index (χ3v) is 2.95. The van der Waals surface area contributed by atoms with Gasteiger partial charge in [-0.15, -0.1) is 5.92 Å². The van der Waals surface area contributed by atoms with Gasteiger partial charge in [-0.05, 0) is 6.92 Å². The van der Waals surface area contributed by atoms with Gasteiger partial charge >= 0.3 is 5.69 Å². The molecule has 4 atom stereocenters. The van der Waals surface area contributed by atoms with E-state index in [0.717, 1.165) is 6.20 Å². The monoisotopic (exact) mass is 283 g/mol. The lowest BCUT2D eigenvalue weighted by molar-refractivity contribution is -0.0838. The molecule has 1 aliphatic heterocycles. The first-order valence-electron chi connectivity index (χ1n) is 5.73. The Morgan fingerprint density at radius 2 is 2.30 bits per heavy atom. The molecule has 1 aromatic rings. The van der Waals surface area contributed by atoms with Crippen LogP contribution in [0.3, 0.4) is 0 Å². The minimum absolute atomic E-state index is 0.580. The zero-order valence-corrected chi connectivity index (χ0v) is 10.5. The maximum Gasteiger partial charge on any atom is 0.347 e. The molecule has 9 heteroatoms. The van der Waals surface area contributed by atoms with Crippen LogP contribution in [0.15, 0.2) is 15.8 Å². The molecule has 3 unspecified atom stereocenters. The van der Waals surface area contributed by atoms with Crippen LogP contribution in [0.25, 0.3) is 0 Å². The predicted molar refractivity (Wildman–Crippen MR) is 64.5 cm³/mol. The van der Waals surface area contributed by atoms with E-state index in [2.05, 4.69) is 16.9 Å². The van der Waals surface area contributed by atoms with Crippen LogP contribution in [0.4, 0.5) is 0 Å². The molecule has 0 radical (unpaired) electrons. The molecule has 0 spiro atoms. The minimum Gasteiger partial charge on any atom is -0.394 e. The zero-order chi connectivity index (χ0) is 14.9. The van der Waals surface area contributed by atoms with Crippen molar-refractivity contribution in [2.24, 2.45) is 0 Å². The Balaban J connectivity index is 2.55. The minimum atomic E-state index is -2.13. The molecule has 1 fully saturated rings. The highest BCUT2D eigenvalue weighted by Crippen LogP contribution is 2.36. The smallest absolute Gasteiger partial charge is 0.347 e. The highest BCUT2D eigenvalue weighted by Gasteiger charge is 2.56. The number of hydrogen-bond donors (Lipinski definition) is 4. The summed E-state index contributed by atoms with van der Waals surface area (Å²) in [7, 11) is 0. The number of aromatic nitrogens is 3. The van der Waals surface area contributed by atoms with Gasteiger partial charge in [-0.25, -0.2) is 4.79 Å². The normalized spacial score (nSPS) is 32.7. The molecule has 20 heavy (non-hydrogen) atoms. The summed E-state index contributed by atoms with van der Waals surface area (Å²) in [5.41, 5.74) is -3.77. The number of aliphatic hydroxyl groups is 3. The molecule has 0 aliphatic carbocycles. The molecule has 9 nitrogen and oxygen atoms in total. The fraction of sp³-hybridized carbons (Fsp3) is 0.545. The van der Waals surface area contributed by atoms with Gasteiger partial charge in [-0.1, -0.05) is 5.92 Å². The number of aromatic amines is 1. The van der Waals surface area contributed by atoms with Crippen molar-refractivity contribution in [2.75, 3.05) is 6.61 Å². The summed E-state index contributed by atoms with van der Waals surface area (Å²) in [4.78, 5) is 24.6. The zero-order valence-electron chi connectivity index (χ0n) is 10.5. The number of nitrogens with zero attached hydrogens (tertiary/aromatic N) is 2. The molecular weight excluding hydrogens is 270 g/mol. The van der Waals surface area contributed by atoms with Gasteiger partial charge in [0.25, 0.3) is 5.56 Å². The second-order valence-electron chi connectivity index (χ2n) is 4.24. The van der Waals surface area contributed by atoms with E-state index in [1.807, 2.05) is 4.98 Å². The Morgan fingerprint density at radius 3 is 2.85 bits per heavy atom. The average Bonchev–Trinajstić information content (AvgIpc) is 2.63. The lowest BCUT2D eigenvalue weighted by Gasteiger charge is -2.25. The lowest BCUT2D eigenvalue weighted by Crippen LogP contribution is -2.49. The molecule has 108 valence electrons. The van der Waals surface area contributed by atoms with Crippen LogP contribution in [-0.2, 0) is 4.74 Å². The standard InChI is InChI=1S/C11H13N3O6/c1-2-3-11(19)8(17)6(5-15)20-9(11)14-10(18)13-7(16)4-12-14/h4,6,8-9,15,17,19H,5H2,1H3,(H,13,16,18)/t6?,8-,9?,11?/m0/s1. The van der Waals surface area contributed by atoms with Crippen molar-refractivity contribution in [3.63, 3.8) is 0 Å². The van der Waals surface area contributed by atoms with Gasteiger partial charge in [-0.2, -0.15) is 9.78 Å². The van der Waals surface area contributed by atoms with Crippen LogP contribution in [0.2, 0.25) is 0 Å². The number of nitrogens with one attached hydrogen (secondary N) is 1. The van der Waals surface area contributed by atoms with E-state index >= 15 is 0 Å². The van der Waals surface area contributed by atoms with Crippen molar-refractivity contribution in [1.82, 2.24) is 14.8 Å². The van der Waals surface area contributed by atoms with Gasteiger partial charge in [-0.3, -0.25) is 9.78 Å². The largest absolute Gasteiger partial charge is 0.394 e. The summed E-state index contributed by atoms with van der Waals surface area (Å²) in [6.07, 6.45) is -3.30. The summed E-state index contributed by atoms with van der Waals surface area (Å²) in [5, 5.41) is 33.0. The Labute approximate surface area is 112 Å². The van der Waals surface area contributed by atoms with E-state index in [4.69, 9.17) is 9.84 Å². The molecule has 0 amide bonds. The van der Waals surface area contributed by atoms with Crippen molar-refractivity contribution < 1.29 is 20.1 Å². The van der Waals surface area contributed by atoms with Crippen LogP contribution >= 0.6 is 0 Å². The quantitative estimate of drug-likeness (QED) is 0.423. The van der Waals surface area contributed by atoms with Crippen LogP contribution in [0.1, 0.15) is 13.2 Å². The molecular formula is C11H13N3O6. The highest BCUT2D eigenvalue weighted by molar-refractivity contribution is 5.21. The Bertz CT molecular complexity index is 671. The van der Waals surface area contributed by atoms with Crippen LogP contribution < -0.4 is 11.2 Å². The van der Waals surface area contributed by atoms with Gasteiger partial charge in [0.05, 0.1) is 6.61 Å². The third-order valence-electron chi connectivity index (χ3n) is 2.95. The predicted octanol–water partition coefficient (Wildman–Crippen LogP) is -3.06. The van der Waals surface area contributed by atoms with E-state index in [1.54, 1.807) is 0 Å². The second-order valence-corrected chi connectivity index (χ2v) is 4.24. The summed E-state index contributed by atoms with van der Waals surface area (Å²) in [6, 6.07) is 0. The molecule has 4 N–H and O–H groups in total.